The molecule has 1 unspecified atom stereocenters. The van der Waals surface area contributed by atoms with Crippen LogP contribution >= 0.6 is 12.4 Å². The van der Waals surface area contributed by atoms with Crippen molar-refractivity contribution in [3.8, 4) is 0 Å². The number of rotatable bonds is 4. The van der Waals surface area contributed by atoms with Crippen LogP contribution in [0.15, 0.2) is 24.3 Å². The third-order valence-electron chi connectivity index (χ3n) is 4.28. The minimum absolute atomic E-state index is 0. The molecule has 0 amide bonds. The summed E-state index contributed by atoms with van der Waals surface area (Å²) in [4.78, 5) is 10.8. The van der Waals surface area contributed by atoms with Gasteiger partial charge < -0.3 is 20.1 Å². The Kier molecular flexibility index (Phi) is 5.68. The lowest BCUT2D eigenvalue weighted by molar-refractivity contribution is -0.138. The smallest absolute Gasteiger partial charge is 0.480 e. The van der Waals surface area contributed by atoms with Crippen LogP contribution in [0.25, 0.3) is 0 Å². The highest BCUT2D eigenvalue weighted by Crippen LogP contribution is 2.36. The third kappa shape index (κ3) is 3.81. The van der Waals surface area contributed by atoms with Crippen LogP contribution in [0.5, 0.6) is 0 Å². The molecule has 1 aromatic rings. The Labute approximate surface area is 137 Å². The lowest BCUT2D eigenvalue weighted by Gasteiger charge is -2.32. The van der Waals surface area contributed by atoms with Crippen LogP contribution in [0.3, 0.4) is 0 Å². The number of carboxylic acid groups (broad SMARTS) is 1. The summed E-state index contributed by atoms with van der Waals surface area (Å²) in [5, 5.41) is 8.82. The fourth-order valence-electron chi connectivity index (χ4n) is 2.13. The van der Waals surface area contributed by atoms with Gasteiger partial charge in [0.2, 0.25) is 0 Å². The molecule has 1 aromatic carbocycles. The first-order chi connectivity index (χ1) is 9.62. The van der Waals surface area contributed by atoms with E-state index in [0.717, 1.165) is 11.0 Å². The summed E-state index contributed by atoms with van der Waals surface area (Å²) in [5.41, 5.74) is 6.58. The van der Waals surface area contributed by atoms with Gasteiger partial charge in [0.25, 0.3) is 0 Å². The number of carbonyl (C=O) groups is 1. The van der Waals surface area contributed by atoms with E-state index < -0.39 is 19.1 Å². The van der Waals surface area contributed by atoms with Crippen molar-refractivity contribution in [1.82, 2.24) is 0 Å². The molecular formula is C15H23BClNO4. The Morgan fingerprint density at radius 2 is 1.64 bits per heavy atom. The predicted octanol–water partition coefficient (Wildman–Crippen LogP) is 1.36. The van der Waals surface area contributed by atoms with Gasteiger partial charge in [0.05, 0.1) is 11.2 Å². The zero-order valence-electron chi connectivity index (χ0n) is 13.3. The van der Waals surface area contributed by atoms with Gasteiger partial charge in [-0.2, -0.15) is 0 Å². The monoisotopic (exact) mass is 327 g/mol. The van der Waals surface area contributed by atoms with Gasteiger partial charge in [-0.05, 0) is 45.1 Å². The van der Waals surface area contributed by atoms with Crippen LogP contribution < -0.4 is 11.2 Å². The van der Waals surface area contributed by atoms with Crippen molar-refractivity contribution in [2.24, 2.45) is 5.73 Å². The fourth-order valence-corrected chi connectivity index (χ4v) is 2.13. The quantitative estimate of drug-likeness (QED) is 0.816. The first-order valence-corrected chi connectivity index (χ1v) is 7.05. The molecule has 1 fully saturated rings. The Bertz CT molecular complexity index is 517. The third-order valence-corrected chi connectivity index (χ3v) is 4.28. The highest BCUT2D eigenvalue weighted by molar-refractivity contribution is 6.62. The molecule has 1 atom stereocenters. The molecule has 1 aliphatic rings. The molecule has 22 heavy (non-hydrogen) atoms. The molecule has 0 radical (unpaired) electrons. The van der Waals surface area contributed by atoms with Gasteiger partial charge in [0.15, 0.2) is 0 Å². The Morgan fingerprint density at radius 3 is 2.05 bits per heavy atom. The molecule has 2 rings (SSSR count). The van der Waals surface area contributed by atoms with Crippen LogP contribution in [-0.2, 0) is 20.5 Å². The first kappa shape index (κ1) is 19.0. The molecule has 122 valence electrons. The molecule has 1 heterocycles. The molecule has 0 saturated carbocycles. The van der Waals surface area contributed by atoms with Gasteiger partial charge in [-0.25, -0.2) is 0 Å². The van der Waals surface area contributed by atoms with Gasteiger partial charge in [0, 0.05) is 0 Å². The maximum Gasteiger partial charge on any atom is 0.494 e. The molecule has 0 aromatic heterocycles. The van der Waals surface area contributed by atoms with Crippen LogP contribution in [0.2, 0.25) is 0 Å². The maximum atomic E-state index is 10.8. The van der Waals surface area contributed by atoms with Gasteiger partial charge in [-0.1, -0.05) is 24.3 Å². The second kappa shape index (κ2) is 6.58. The molecule has 1 saturated heterocycles. The van der Waals surface area contributed by atoms with E-state index in [1.165, 1.54) is 0 Å². The Morgan fingerprint density at radius 1 is 1.18 bits per heavy atom. The second-order valence-corrected chi connectivity index (χ2v) is 6.48. The van der Waals surface area contributed by atoms with Crippen LogP contribution in [0.1, 0.15) is 33.3 Å². The van der Waals surface area contributed by atoms with Crippen molar-refractivity contribution < 1.29 is 19.2 Å². The van der Waals surface area contributed by atoms with Crippen molar-refractivity contribution in [3.63, 3.8) is 0 Å². The van der Waals surface area contributed by atoms with E-state index in [2.05, 4.69) is 0 Å². The maximum absolute atomic E-state index is 10.8. The highest BCUT2D eigenvalue weighted by atomic mass is 35.5. The van der Waals surface area contributed by atoms with E-state index in [-0.39, 0.29) is 23.6 Å². The van der Waals surface area contributed by atoms with Gasteiger partial charge in [0.1, 0.15) is 6.04 Å². The minimum atomic E-state index is -0.995. The molecule has 1 aliphatic heterocycles. The molecular weight excluding hydrogens is 304 g/mol. The lowest BCUT2D eigenvalue weighted by Crippen LogP contribution is -2.41. The summed E-state index contributed by atoms with van der Waals surface area (Å²) < 4.78 is 11.9. The molecule has 3 N–H and O–H groups in total. The first-order valence-electron chi connectivity index (χ1n) is 7.05. The zero-order chi connectivity index (χ0) is 15.8. The van der Waals surface area contributed by atoms with E-state index in [1.807, 2.05) is 52.0 Å². The zero-order valence-corrected chi connectivity index (χ0v) is 14.1. The number of benzene rings is 1. The van der Waals surface area contributed by atoms with E-state index in [1.54, 1.807) is 0 Å². The summed E-state index contributed by atoms with van der Waals surface area (Å²) in [5.74, 6) is -0.995. The summed E-state index contributed by atoms with van der Waals surface area (Å²) in [6.07, 6.45) is 0.305. The second-order valence-electron chi connectivity index (χ2n) is 6.48. The molecule has 7 heteroatoms. The standard InChI is InChI=1S/C15H22BNO4.ClH/c1-14(2)15(3,4)21-16(20-14)11-7-5-10(6-8-11)9-12(17)13(18)19;/h5-8,12H,9,17H2,1-4H3,(H,18,19);1H. The summed E-state index contributed by atoms with van der Waals surface area (Å²) in [7, 11) is -0.405. The largest absolute Gasteiger partial charge is 0.494 e. The normalized spacial score (nSPS) is 20.3. The van der Waals surface area contributed by atoms with Crippen molar-refractivity contribution in [1.29, 1.82) is 0 Å². The lowest BCUT2D eigenvalue weighted by atomic mass is 9.78. The van der Waals surface area contributed by atoms with Crippen molar-refractivity contribution in [3.05, 3.63) is 29.8 Å². The fraction of sp³-hybridized carbons (Fsp3) is 0.533. The summed E-state index contributed by atoms with van der Waals surface area (Å²) >= 11 is 0. The molecule has 0 spiro atoms. The Balaban J connectivity index is 0.00000242. The van der Waals surface area contributed by atoms with Crippen LogP contribution in [0, 0.1) is 0 Å². The predicted molar refractivity (Wildman–Crippen MR) is 88.7 cm³/mol. The number of hydrogen-bond donors (Lipinski definition) is 2. The number of carboxylic acids is 1. The summed E-state index contributed by atoms with van der Waals surface area (Å²) in [6, 6.07) is 6.64. The van der Waals surface area contributed by atoms with Crippen molar-refractivity contribution in [2.45, 2.75) is 51.4 Å². The van der Waals surface area contributed by atoms with Gasteiger partial charge in [-0.3, -0.25) is 4.79 Å². The number of halogens is 1. The van der Waals surface area contributed by atoms with Gasteiger partial charge >= 0.3 is 13.1 Å². The van der Waals surface area contributed by atoms with Crippen LogP contribution in [0.4, 0.5) is 0 Å². The average molecular weight is 328 g/mol. The van der Waals surface area contributed by atoms with Crippen molar-refractivity contribution >= 4 is 31.0 Å². The van der Waals surface area contributed by atoms with Gasteiger partial charge in [-0.15, -0.1) is 12.4 Å². The molecule has 0 bridgehead atoms. The topological polar surface area (TPSA) is 81.8 Å². The van der Waals surface area contributed by atoms with E-state index in [9.17, 15) is 4.79 Å². The van der Waals surface area contributed by atoms with Crippen molar-refractivity contribution in [2.75, 3.05) is 0 Å². The number of aliphatic carboxylic acids is 1. The van der Waals surface area contributed by atoms with E-state index in [4.69, 9.17) is 20.1 Å². The van der Waals surface area contributed by atoms with E-state index in [0.29, 0.717) is 6.42 Å². The number of hydrogen-bond acceptors (Lipinski definition) is 4. The molecule has 5 nitrogen and oxygen atoms in total. The Hall–Kier alpha value is -1.08. The minimum Gasteiger partial charge on any atom is -0.480 e. The SMILES string of the molecule is CC1(C)OB(c2ccc(CC(N)C(=O)O)cc2)OC1(C)C.Cl. The van der Waals surface area contributed by atoms with E-state index >= 15 is 0 Å². The molecule has 0 aliphatic carbocycles. The van der Waals surface area contributed by atoms with Crippen LogP contribution in [-0.4, -0.2) is 35.4 Å². The average Bonchev–Trinajstić information content (AvgIpc) is 2.59. The highest BCUT2D eigenvalue weighted by Gasteiger charge is 2.51. The summed E-state index contributed by atoms with van der Waals surface area (Å²) in [6.45, 7) is 8.03. The number of nitrogens with two attached hydrogens (primary N) is 1.